The number of carbonyl (C=O) groups is 2. The molecule has 3 nitrogen and oxygen atoms in total. The van der Waals surface area contributed by atoms with Gasteiger partial charge in [0, 0.05) is 5.56 Å². The molecule has 0 saturated heterocycles. The molecule has 0 heterocycles. The van der Waals surface area contributed by atoms with E-state index in [1.54, 1.807) is 0 Å². The molecule has 17 heavy (non-hydrogen) atoms. The van der Waals surface area contributed by atoms with Gasteiger partial charge in [0.05, 0.1) is 12.0 Å². The highest BCUT2D eigenvalue weighted by molar-refractivity contribution is 6.06. The number of alkyl halides is 3. The van der Waals surface area contributed by atoms with Crippen molar-refractivity contribution in [3.8, 4) is 0 Å². The predicted octanol–water partition coefficient (Wildman–Crippen LogP) is 1.90. The Morgan fingerprint density at radius 2 is 1.82 bits per heavy atom. The summed E-state index contributed by atoms with van der Waals surface area (Å²) in [5, 5.41) is 0. The van der Waals surface area contributed by atoms with E-state index in [0.29, 0.717) is 12.1 Å². The lowest BCUT2D eigenvalue weighted by Crippen LogP contribution is -2.17. The molecular weight excluding hydrogens is 242 g/mol. The number of hydrogen-bond acceptors (Lipinski definition) is 2. The second-order valence-electron chi connectivity index (χ2n) is 3.26. The number of carbonyl (C=O) groups excluding carboxylic acids is 2. The average Bonchev–Trinajstić information content (AvgIpc) is 2.14. The molecule has 0 radical (unpaired) electrons. The maximum absolute atomic E-state index is 13.1. The Bertz CT molecular complexity index is 468. The van der Waals surface area contributed by atoms with Crippen LogP contribution >= 0.6 is 0 Å². The predicted molar refractivity (Wildman–Crippen MR) is 49.5 cm³/mol. The van der Waals surface area contributed by atoms with Gasteiger partial charge in [0.1, 0.15) is 5.82 Å². The summed E-state index contributed by atoms with van der Waals surface area (Å²) >= 11 is 0. The van der Waals surface area contributed by atoms with Crippen LogP contribution < -0.4 is 5.73 Å². The summed E-state index contributed by atoms with van der Waals surface area (Å²) in [5.74, 6) is -3.33. The van der Waals surface area contributed by atoms with Crippen molar-refractivity contribution >= 4 is 11.7 Å². The van der Waals surface area contributed by atoms with Crippen LogP contribution in [-0.4, -0.2) is 11.7 Å². The molecule has 92 valence electrons. The third kappa shape index (κ3) is 3.27. The van der Waals surface area contributed by atoms with Crippen molar-refractivity contribution in [1.82, 2.24) is 0 Å². The van der Waals surface area contributed by atoms with Gasteiger partial charge in [-0.1, -0.05) is 6.07 Å². The van der Waals surface area contributed by atoms with Gasteiger partial charge in [0.25, 0.3) is 0 Å². The summed E-state index contributed by atoms with van der Waals surface area (Å²) in [6.07, 6.45) is -5.50. The second kappa shape index (κ2) is 4.52. The minimum atomic E-state index is -4.82. The van der Waals surface area contributed by atoms with Crippen molar-refractivity contribution in [2.45, 2.75) is 12.6 Å². The number of benzene rings is 1. The van der Waals surface area contributed by atoms with E-state index in [2.05, 4.69) is 0 Å². The van der Waals surface area contributed by atoms with Crippen LogP contribution in [0.2, 0.25) is 0 Å². The van der Waals surface area contributed by atoms with Gasteiger partial charge in [-0.25, -0.2) is 4.39 Å². The fourth-order valence-corrected chi connectivity index (χ4v) is 1.18. The number of halogens is 4. The third-order valence-corrected chi connectivity index (χ3v) is 1.93. The van der Waals surface area contributed by atoms with Crippen molar-refractivity contribution in [3.63, 3.8) is 0 Å². The molecule has 0 unspecified atom stereocenters. The third-order valence-electron chi connectivity index (χ3n) is 1.93. The van der Waals surface area contributed by atoms with E-state index in [9.17, 15) is 27.2 Å². The Balaban J connectivity index is 3.05. The highest BCUT2D eigenvalue weighted by atomic mass is 19.4. The van der Waals surface area contributed by atoms with E-state index in [1.807, 2.05) is 0 Å². The van der Waals surface area contributed by atoms with Gasteiger partial charge in [-0.2, -0.15) is 13.2 Å². The first-order chi connectivity index (χ1) is 7.71. The number of rotatable bonds is 3. The standard InChI is InChI=1S/C10H7F4NO2/c11-7-3-5(8(16)4-9(15)17)1-2-6(7)10(12,13)14/h1-3H,4H2,(H2,15,17). The minimum absolute atomic E-state index is 0.325. The Morgan fingerprint density at radius 3 is 2.24 bits per heavy atom. The summed E-state index contributed by atoms with van der Waals surface area (Å²) in [5.41, 5.74) is 2.94. The summed E-state index contributed by atoms with van der Waals surface area (Å²) in [4.78, 5) is 21.6. The molecule has 0 aliphatic rings. The normalized spacial score (nSPS) is 11.3. The molecule has 1 rings (SSSR count). The van der Waals surface area contributed by atoms with E-state index in [1.165, 1.54) is 0 Å². The van der Waals surface area contributed by atoms with Crippen LogP contribution in [0.3, 0.4) is 0 Å². The molecule has 0 saturated carbocycles. The van der Waals surface area contributed by atoms with Crippen molar-refractivity contribution < 1.29 is 27.2 Å². The fourth-order valence-electron chi connectivity index (χ4n) is 1.18. The number of hydrogen-bond donors (Lipinski definition) is 1. The SMILES string of the molecule is NC(=O)CC(=O)c1ccc(C(F)(F)F)c(F)c1. The molecule has 1 amide bonds. The monoisotopic (exact) mass is 249 g/mol. The van der Waals surface area contributed by atoms with Gasteiger partial charge in [-0.15, -0.1) is 0 Å². The van der Waals surface area contributed by atoms with E-state index in [0.717, 1.165) is 6.07 Å². The maximum atomic E-state index is 13.1. The number of Topliss-reactive ketones (excluding diaryl/α,β-unsaturated/α-hetero) is 1. The molecule has 0 atom stereocenters. The van der Waals surface area contributed by atoms with Crippen molar-refractivity contribution in [2.75, 3.05) is 0 Å². The number of nitrogens with two attached hydrogens (primary N) is 1. The van der Waals surface area contributed by atoms with Gasteiger partial charge in [0.2, 0.25) is 5.91 Å². The van der Waals surface area contributed by atoms with Crippen LogP contribution in [0.15, 0.2) is 18.2 Å². The molecule has 1 aromatic rings. The van der Waals surface area contributed by atoms with Crippen LogP contribution in [0.1, 0.15) is 22.3 Å². The Labute approximate surface area is 93.2 Å². The molecule has 0 fully saturated rings. The summed E-state index contributed by atoms with van der Waals surface area (Å²) in [6, 6.07) is 1.69. The lowest BCUT2D eigenvalue weighted by molar-refractivity contribution is -0.140. The van der Waals surface area contributed by atoms with E-state index < -0.39 is 35.7 Å². The zero-order valence-electron chi connectivity index (χ0n) is 8.34. The second-order valence-corrected chi connectivity index (χ2v) is 3.26. The molecule has 2 N–H and O–H groups in total. The van der Waals surface area contributed by atoms with Gasteiger partial charge >= 0.3 is 6.18 Å². The molecule has 0 spiro atoms. The van der Waals surface area contributed by atoms with Gasteiger partial charge in [0.15, 0.2) is 5.78 Å². The molecule has 0 bridgehead atoms. The fraction of sp³-hybridized carbons (Fsp3) is 0.200. The Morgan fingerprint density at radius 1 is 1.24 bits per heavy atom. The van der Waals surface area contributed by atoms with E-state index >= 15 is 0 Å². The van der Waals surface area contributed by atoms with Crippen molar-refractivity contribution in [2.24, 2.45) is 5.73 Å². The van der Waals surface area contributed by atoms with Crippen LogP contribution in [0, 0.1) is 5.82 Å². The van der Waals surface area contributed by atoms with Crippen molar-refractivity contribution in [3.05, 3.63) is 35.1 Å². The summed E-state index contributed by atoms with van der Waals surface area (Å²) in [6.45, 7) is 0. The Hall–Kier alpha value is -1.92. The molecule has 1 aromatic carbocycles. The highest BCUT2D eigenvalue weighted by Crippen LogP contribution is 2.31. The van der Waals surface area contributed by atoms with Crippen LogP contribution in [0.25, 0.3) is 0 Å². The molecule has 0 aliphatic heterocycles. The molecule has 7 heteroatoms. The van der Waals surface area contributed by atoms with Crippen molar-refractivity contribution in [1.29, 1.82) is 0 Å². The number of primary amides is 1. The number of amides is 1. The summed E-state index contributed by atoms with van der Waals surface area (Å²) < 4.78 is 49.6. The van der Waals surface area contributed by atoms with Crippen LogP contribution in [-0.2, 0) is 11.0 Å². The first-order valence-corrected chi connectivity index (χ1v) is 4.40. The lowest BCUT2D eigenvalue weighted by atomic mass is 10.1. The topological polar surface area (TPSA) is 60.2 Å². The van der Waals surface area contributed by atoms with Gasteiger partial charge < -0.3 is 5.73 Å². The first kappa shape index (κ1) is 13.1. The zero-order valence-corrected chi connectivity index (χ0v) is 8.34. The molecular formula is C10H7F4NO2. The quantitative estimate of drug-likeness (QED) is 0.505. The summed E-state index contributed by atoms with van der Waals surface area (Å²) in [7, 11) is 0. The average molecular weight is 249 g/mol. The van der Waals surface area contributed by atoms with Gasteiger partial charge in [-0.3, -0.25) is 9.59 Å². The zero-order chi connectivity index (χ0) is 13.2. The van der Waals surface area contributed by atoms with E-state index in [-0.39, 0.29) is 5.56 Å². The van der Waals surface area contributed by atoms with Crippen LogP contribution in [0.4, 0.5) is 17.6 Å². The lowest BCUT2D eigenvalue weighted by Gasteiger charge is -2.08. The number of ketones is 1. The Kier molecular flexibility index (Phi) is 3.50. The van der Waals surface area contributed by atoms with Gasteiger partial charge in [-0.05, 0) is 12.1 Å². The first-order valence-electron chi connectivity index (χ1n) is 4.40. The molecule has 0 aromatic heterocycles. The van der Waals surface area contributed by atoms with E-state index in [4.69, 9.17) is 5.73 Å². The minimum Gasteiger partial charge on any atom is -0.369 e. The highest BCUT2D eigenvalue weighted by Gasteiger charge is 2.34. The van der Waals surface area contributed by atoms with Crippen LogP contribution in [0.5, 0.6) is 0 Å². The molecule has 0 aliphatic carbocycles. The maximum Gasteiger partial charge on any atom is 0.419 e. The smallest absolute Gasteiger partial charge is 0.369 e. The largest absolute Gasteiger partial charge is 0.419 e.